The van der Waals surface area contributed by atoms with Crippen LogP contribution in [0, 0.1) is 0 Å². The van der Waals surface area contributed by atoms with E-state index in [2.05, 4.69) is 5.32 Å². The standard InChI is InChI=1S/C20H22N2O5S/c23-19(21-12-15-28(25,26)16-6-2-1-3-7-16)10-11-20(24)22-13-14-27-18-9-5-4-8-17(18)22/h1-9H,10-15H2,(H,21,23). The van der Waals surface area contributed by atoms with Gasteiger partial charge in [-0.2, -0.15) is 0 Å². The number of ether oxygens (including phenoxy) is 1. The molecule has 0 fully saturated rings. The Balaban J connectivity index is 1.46. The first kappa shape index (κ1) is 19.9. The Bertz CT molecular complexity index is 944. The second-order valence-electron chi connectivity index (χ2n) is 6.34. The average Bonchev–Trinajstić information content (AvgIpc) is 2.72. The van der Waals surface area contributed by atoms with Gasteiger partial charge >= 0.3 is 0 Å². The van der Waals surface area contributed by atoms with E-state index in [0.717, 1.165) is 0 Å². The van der Waals surface area contributed by atoms with E-state index in [1.807, 2.05) is 12.1 Å². The van der Waals surface area contributed by atoms with Crippen LogP contribution < -0.4 is 15.0 Å². The number of rotatable bonds is 7. The van der Waals surface area contributed by atoms with Crippen LogP contribution in [-0.4, -0.2) is 45.7 Å². The number of fused-ring (bicyclic) bond motifs is 1. The summed E-state index contributed by atoms with van der Waals surface area (Å²) in [6.45, 7) is 0.851. The van der Waals surface area contributed by atoms with Gasteiger partial charge in [0.1, 0.15) is 12.4 Å². The summed E-state index contributed by atoms with van der Waals surface area (Å²) in [4.78, 5) is 26.3. The summed E-state index contributed by atoms with van der Waals surface area (Å²) < 4.78 is 29.9. The van der Waals surface area contributed by atoms with Crippen molar-refractivity contribution >= 4 is 27.3 Å². The van der Waals surface area contributed by atoms with Crippen LogP contribution in [0.15, 0.2) is 59.5 Å². The zero-order valence-corrected chi connectivity index (χ0v) is 16.2. The fourth-order valence-electron chi connectivity index (χ4n) is 2.94. The van der Waals surface area contributed by atoms with Crippen LogP contribution in [0.3, 0.4) is 0 Å². The number of amides is 2. The van der Waals surface area contributed by atoms with E-state index in [4.69, 9.17) is 4.74 Å². The highest BCUT2D eigenvalue weighted by atomic mass is 32.2. The molecule has 0 radical (unpaired) electrons. The maximum atomic E-state index is 12.5. The minimum Gasteiger partial charge on any atom is -0.490 e. The number of hydrogen-bond acceptors (Lipinski definition) is 5. The maximum Gasteiger partial charge on any atom is 0.227 e. The summed E-state index contributed by atoms with van der Waals surface area (Å²) in [6, 6.07) is 15.4. The Morgan fingerprint density at radius 1 is 1.00 bits per heavy atom. The molecule has 2 aromatic carbocycles. The molecular weight excluding hydrogens is 380 g/mol. The van der Waals surface area contributed by atoms with Crippen molar-refractivity contribution in [3.05, 3.63) is 54.6 Å². The number of benzene rings is 2. The molecule has 0 saturated heterocycles. The molecule has 0 spiro atoms. The Labute approximate surface area is 164 Å². The largest absolute Gasteiger partial charge is 0.490 e. The van der Waals surface area contributed by atoms with E-state index >= 15 is 0 Å². The average molecular weight is 402 g/mol. The third-order valence-corrected chi connectivity index (χ3v) is 6.12. The lowest BCUT2D eigenvalue weighted by atomic mass is 10.2. The number of para-hydroxylation sites is 2. The quantitative estimate of drug-likeness (QED) is 0.762. The molecule has 1 N–H and O–H groups in total. The molecule has 1 aliphatic heterocycles. The highest BCUT2D eigenvalue weighted by Crippen LogP contribution is 2.31. The van der Waals surface area contributed by atoms with Gasteiger partial charge in [-0.15, -0.1) is 0 Å². The highest BCUT2D eigenvalue weighted by molar-refractivity contribution is 7.91. The highest BCUT2D eigenvalue weighted by Gasteiger charge is 2.23. The first-order valence-corrected chi connectivity index (χ1v) is 10.7. The van der Waals surface area contributed by atoms with Crippen molar-refractivity contribution in [1.82, 2.24) is 5.32 Å². The molecule has 0 atom stereocenters. The van der Waals surface area contributed by atoms with Gasteiger partial charge in [-0.05, 0) is 24.3 Å². The number of carbonyl (C=O) groups excluding carboxylic acids is 2. The van der Waals surface area contributed by atoms with E-state index < -0.39 is 9.84 Å². The first-order chi connectivity index (χ1) is 13.5. The number of hydrogen-bond donors (Lipinski definition) is 1. The molecule has 1 heterocycles. The lowest BCUT2D eigenvalue weighted by molar-refractivity contribution is -0.125. The third kappa shape index (κ3) is 4.89. The van der Waals surface area contributed by atoms with Crippen LogP contribution in [0.5, 0.6) is 5.75 Å². The lowest BCUT2D eigenvalue weighted by Crippen LogP contribution is -2.38. The van der Waals surface area contributed by atoms with Gasteiger partial charge in [0, 0.05) is 19.4 Å². The lowest BCUT2D eigenvalue weighted by Gasteiger charge is -2.29. The maximum absolute atomic E-state index is 12.5. The van der Waals surface area contributed by atoms with E-state index in [1.165, 1.54) is 12.1 Å². The van der Waals surface area contributed by atoms with Gasteiger partial charge in [-0.25, -0.2) is 8.42 Å². The molecule has 148 valence electrons. The molecule has 0 bridgehead atoms. The van der Waals surface area contributed by atoms with Crippen molar-refractivity contribution in [3.8, 4) is 5.75 Å². The second-order valence-corrected chi connectivity index (χ2v) is 8.45. The van der Waals surface area contributed by atoms with Crippen molar-refractivity contribution in [3.63, 3.8) is 0 Å². The monoisotopic (exact) mass is 402 g/mol. The number of nitrogens with one attached hydrogen (secondary N) is 1. The predicted molar refractivity (Wildman–Crippen MR) is 105 cm³/mol. The molecule has 8 heteroatoms. The number of nitrogens with zero attached hydrogens (tertiary/aromatic N) is 1. The summed E-state index contributed by atoms with van der Waals surface area (Å²) in [5.41, 5.74) is 0.702. The van der Waals surface area contributed by atoms with Crippen molar-refractivity contribution in [2.75, 3.05) is 30.3 Å². The fraction of sp³-hybridized carbons (Fsp3) is 0.300. The smallest absolute Gasteiger partial charge is 0.227 e. The second kappa shape index (κ2) is 8.88. The van der Waals surface area contributed by atoms with Crippen LogP contribution in [0.1, 0.15) is 12.8 Å². The topological polar surface area (TPSA) is 92.8 Å². The number of carbonyl (C=O) groups is 2. The molecule has 0 aliphatic carbocycles. The van der Waals surface area contributed by atoms with Crippen molar-refractivity contribution in [2.45, 2.75) is 17.7 Å². The van der Waals surface area contributed by atoms with Crippen LogP contribution in [0.4, 0.5) is 5.69 Å². The van der Waals surface area contributed by atoms with Gasteiger partial charge in [0.15, 0.2) is 9.84 Å². The van der Waals surface area contributed by atoms with Crippen LogP contribution in [-0.2, 0) is 19.4 Å². The summed E-state index contributed by atoms with van der Waals surface area (Å²) in [5.74, 6) is -0.0493. The molecule has 28 heavy (non-hydrogen) atoms. The first-order valence-electron chi connectivity index (χ1n) is 9.04. The molecule has 3 rings (SSSR count). The zero-order valence-electron chi connectivity index (χ0n) is 15.3. The molecule has 2 aromatic rings. The summed E-state index contributed by atoms with van der Waals surface area (Å²) in [5, 5.41) is 2.57. The van der Waals surface area contributed by atoms with Crippen molar-refractivity contribution in [2.24, 2.45) is 0 Å². The molecule has 0 saturated carbocycles. The Kier molecular flexibility index (Phi) is 6.30. The Morgan fingerprint density at radius 2 is 1.71 bits per heavy atom. The summed E-state index contributed by atoms with van der Waals surface area (Å²) in [6.07, 6.45) is 0.0509. The van der Waals surface area contributed by atoms with Crippen LogP contribution >= 0.6 is 0 Å². The van der Waals surface area contributed by atoms with Gasteiger partial charge in [-0.3, -0.25) is 9.59 Å². The Morgan fingerprint density at radius 3 is 2.50 bits per heavy atom. The predicted octanol–water partition coefficient (Wildman–Crippen LogP) is 1.78. The van der Waals surface area contributed by atoms with Gasteiger partial charge in [0.05, 0.1) is 22.9 Å². The fourth-order valence-corrected chi connectivity index (χ4v) is 4.12. The summed E-state index contributed by atoms with van der Waals surface area (Å²) >= 11 is 0. The summed E-state index contributed by atoms with van der Waals surface area (Å²) in [7, 11) is -3.44. The molecular formula is C20H22N2O5S. The van der Waals surface area contributed by atoms with Gasteiger partial charge in [0.25, 0.3) is 0 Å². The van der Waals surface area contributed by atoms with E-state index in [0.29, 0.717) is 24.6 Å². The molecule has 2 amide bonds. The van der Waals surface area contributed by atoms with Crippen LogP contribution in [0.25, 0.3) is 0 Å². The molecule has 0 aromatic heterocycles. The normalized spacial score (nSPS) is 13.4. The van der Waals surface area contributed by atoms with Crippen LogP contribution in [0.2, 0.25) is 0 Å². The number of sulfone groups is 1. The van der Waals surface area contributed by atoms with E-state index in [1.54, 1.807) is 35.2 Å². The van der Waals surface area contributed by atoms with Gasteiger partial charge in [0.2, 0.25) is 11.8 Å². The molecule has 0 unspecified atom stereocenters. The SMILES string of the molecule is O=C(CCC(=O)N1CCOc2ccccc21)NCCS(=O)(=O)c1ccccc1. The van der Waals surface area contributed by atoms with Gasteiger partial charge < -0.3 is 15.0 Å². The van der Waals surface area contributed by atoms with E-state index in [-0.39, 0.29) is 41.8 Å². The van der Waals surface area contributed by atoms with Crippen molar-refractivity contribution < 1.29 is 22.7 Å². The minimum absolute atomic E-state index is 0.00371. The Hall–Kier alpha value is -2.87. The third-order valence-electron chi connectivity index (χ3n) is 4.39. The van der Waals surface area contributed by atoms with Gasteiger partial charge in [-0.1, -0.05) is 30.3 Å². The van der Waals surface area contributed by atoms with E-state index in [9.17, 15) is 18.0 Å². The van der Waals surface area contributed by atoms with Crippen molar-refractivity contribution in [1.29, 1.82) is 0 Å². The number of anilines is 1. The molecule has 7 nitrogen and oxygen atoms in total. The molecule has 1 aliphatic rings. The zero-order chi connectivity index (χ0) is 20.0. The minimum atomic E-state index is -3.44.